The minimum Gasteiger partial charge on any atom is -0.348 e. The molecule has 128 valence electrons. The van der Waals surface area contributed by atoms with Crippen LogP contribution in [0.1, 0.15) is 59.0 Å². The molecule has 3 heterocycles. The third-order valence-corrected chi connectivity index (χ3v) is 5.57. The van der Waals surface area contributed by atoms with Crippen LogP contribution in [0.3, 0.4) is 0 Å². The fourth-order valence-electron chi connectivity index (χ4n) is 3.98. The quantitative estimate of drug-likeness (QED) is 0.866. The van der Waals surface area contributed by atoms with Gasteiger partial charge in [0, 0.05) is 43.3 Å². The third-order valence-electron chi connectivity index (χ3n) is 5.57. The Morgan fingerprint density at radius 1 is 1.29 bits per heavy atom. The first-order valence-corrected chi connectivity index (χ1v) is 9.01. The maximum Gasteiger partial charge on any atom is 0.256 e. The molecule has 0 radical (unpaired) electrons. The molecule has 0 unspecified atom stereocenters. The van der Waals surface area contributed by atoms with Crippen LogP contribution in [-0.4, -0.2) is 31.7 Å². The van der Waals surface area contributed by atoms with E-state index >= 15 is 0 Å². The average Bonchev–Trinajstić information content (AvgIpc) is 2.94. The van der Waals surface area contributed by atoms with Gasteiger partial charge in [-0.15, -0.1) is 0 Å². The Hall–Kier alpha value is -2.04. The van der Waals surface area contributed by atoms with Crippen molar-refractivity contribution < 1.29 is 4.79 Å². The highest BCUT2D eigenvalue weighted by atomic mass is 16.2. The number of likely N-dealkylation sites (tertiary alicyclic amines) is 1. The standard InChI is InChI=1S/C19H26N4O/c1-13-9-17(14(2)23(13)11-15-6-7-15)19(24)22-8-4-5-18(22)16-10-20-21(3)12-16/h9-10,12,15,18H,4-8,11H2,1-3H3/t18-/m0/s1. The van der Waals surface area contributed by atoms with Gasteiger partial charge in [0.1, 0.15) is 0 Å². The molecule has 0 N–H and O–H groups in total. The number of nitrogens with zero attached hydrogens (tertiary/aromatic N) is 4. The fourth-order valence-corrected chi connectivity index (χ4v) is 3.98. The van der Waals surface area contributed by atoms with E-state index in [0.717, 1.165) is 48.7 Å². The highest BCUT2D eigenvalue weighted by molar-refractivity contribution is 5.96. The molecule has 1 atom stereocenters. The summed E-state index contributed by atoms with van der Waals surface area (Å²) >= 11 is 0. The van der Waals surface area contributed by atoms with Crippen molar-refractivity contribution in [2.75, 3.05) is 6.54 Å². The van der Waals surface area contributed by atoms with E-state index in [4.69, 9.17) is 0 Å². The van der Waals surface area contributed by atoms with Crippen molar-refractivity contribution in [3.8, 4) is 0 Å². The van der Waals surface area contributed by atoms with E-state index in [0.29, 0.717) is 0 Å². The molecule has 2 aliphatic rings. The van der Waals surface area contributed by atoms with E-state index in [2.05, 4.69) is 29.6 Å². The Labute approximate surface area is 143 Å². The molecular formula is C19H26N4O. The smallest absolute Gasteiger partial charge is 0.256 e. The number of hydrogen-bond donors (Lipinski definition) is 0. The highest BCUT2D eigenvalue weighted by Gasteiger charge is 2.33. The number of carbonyl (C=O) groups excluding carboxylic acids is 1. The number of hydrogen-bond acceptors (Lipinski definition) is 2. The second kappa shape index (κ2) is 5.80. The van der Waals surface area contributed by atoms with Gasteiger partial charge in [0.05, 0.1) is 17.8 Å². The van der Waals surface area contributed by atoms with Crippen LogP contribution < -0.4 is 0 Å². The van der Waals surface area contributed by atoms with Gasteiger partial charge in [-0.25, -0.2) is 0 Å². The van der Waals surface area contributed by atoms with Crippen molar-refractivity contribution in [1.29, 1.82) is 0 Å². The van der Waals surface area contributed by atoms with E-state index in [1.807, 2.05) is 29.0 Å². The van der Waals surface area contributed by atoms with E-state index in [-0.39, 0.29) is 11.9 Å². The van der Waals surface area contributed by atoms with Gasteiger partial charge < -0.3 is 9.47 Å². The highest BCUT2D eigenvalue weighted by Crippen LogP contribution is 2.35. The van der Waals surface area contributed by atoms with Crippen molar-refractivity contribution in [3.63, 3.8) is 0 Å². The van der Waals surface area contributed by atoms with Crippen LogP contribution in [0.2, 0.25) is 0 Å². The second-order valence-corrected chi connectivity index (χ2v) is 7.44. The molecule has 1 aliphatic heterocycles. The lowest BCUT2D eigenvalue weighted by Gasteiger charge is -2.24. The summed E-state index contributed by atoms with van der Waals surface area (Å²) in [6.45, 7) is 6.12. The maximum atomic E-state index is 13.2. The van der Waals surface area contributed by atoms with Gasteiger partial charge in [0.25, 0.3) is 5.91 Å². The van der Waals surface area contributed by atoms with Gasteiger partial charge in [0.15, 0.2) is 0 Å². The van der Waals surface area contributed by atoms with E-state index < -0.39 is 0 Å². The van der Waals surface area contributed by atoms with Crippen LogP contribution >= 0.6 is 0 Å². The summed E-state index contributed by atoms with van der Waals surface area (Å²) in [5, 5.41) is 4.28. The van der Waals surface area contributed by atoms with Gasteiger partial charge in [-0.1, -0.05) is 0 Å². The zero-order chi connectivity index (χ0) is 16.8. The summed E-state index contributed by atoms with van der Waals surface area (Å²) in [7, 11) is 1.93. The summed E-state index contributed by atoms with van der Waals surface area (Å²) in [4.78, 5) is 15.3. The maximum absolute atomic E-state index is 13.2. The molecule has 24 heavy (non-hydrogen) atoms. The van der Waals surface area contributed by atoms with Crippen molar-refractivity contribution in [3.05, 3.63) is 41.0 Å². The topological polar surface area (TPSA) is 43.1 Å². The Bertz CT molecular complexity index is 768. The normalized spacial score (nSPS) is 20.8. The summed E-state index contributed by atoms with van der Waals surface area (Å²) in [5.41, 5.74) is 4.36. The molecule has 2 aromatic rings. The first-order valence-electron chi connectivity index (χ1n) is 9.01. The van der Waals surface area contributed by atoms with E-state index in [1.54, 1.807) is 0 Å². The predicted octanol–water partition coefficient (Wildman–Crippen LogP) is 3.23. The molecule has 0 bridgehead atoms. The second-order valence-electron chi connectivity index (χ2n) is 7.44. The van der Waals surface area contributed by atoms with Crippen molar-refractivity contribution in [1.82, 2.24) is 19.2 Å². The Kier molecular flexibility index (Phi) is 3.74. The molecule has 1 aliphatic carbocycles. The van der Waals surface area contributed by atoms with E-state index in [1.165, 1.54) is 18.5 Å². The number of carbonyl (C=O) groups is 1. The fraction of sp³-hybridized carbons (Fsp3) is 0.579. The largest absolute Gasteiger partial charge is 0.348 e. The van der Waals surface area contributed by atoms with Crippen LogP contribution in [0.4, 0.5) is 0 Å². The zero-order valence-electron chi connectivity index (χ0n) is 14.8. The summed E-state index contributed by atoms with van der Waals surface area (Å²) in [6, 6.07) is 2.25. The number of rotatable bonds is 4. The first-order chi connectivity index (χ1) is 11.5. The van der Waals surface area contributed by atoms with Gasteiger partial charge in [0.2, 0.25) is 0 Å². The third kappa shape index (κ3) is 2.66. The molecule has 1 amide bonds. The minimum absolute atomic E-state index is 0.165. The number of aryl methyl sites for hydroxylation is 2. The molecular weight excluding hydrogens is 300 g/mol. The van der Waals surface area contributed by atoms with Crippen molar-refractivity contribution >= 4 is 5.91 Å². The van der Waals surface area contributed by atoms with Crippen LogP contribution in [0.5, 0.6) is 0 Å². The van der Waals surface area contributed by atoms with Crippen LogP contribution in [0.25, 0.3) is 0 Å². The van der Waals surface area contributed by atoms with Gasteiger partial charge >= 0.3 is 0 Å². The number of aromatic nitrogens is 3. The van der Waals surface area contributed by atoms with E-state index in [9.17, 15) is 4.79 Å². The van der Waals surface area contributed by atoms with Crippen molar-refractivity contribution in [2.45, 2.75) is 52.1 Å². The van der Waals surface area contributed by atoms with Crippen LogP contribution in [0.15, 0.2) is 18.5 Å². The van der Waals surface area contributed by atoms with Crippen LogP contribution in [0, 0.1) is 19.8 Å². The SMILES string of the molecule is Cc1cc(C(=O)N2CCC[C@H]2c2cnn(C)c2)c(C)n1CC1CC1. The molecule has 5 nitrogen and oxygen atoms in total. The monoisotopic (exact) mass is 326 g/mol. The van der Waals surface area contributed by atoms with Crippen molar-refractivity contribution in [2.24, 2.45) is 13.0 Å². The lowest BCUT2D eigenvalue weighted by atomic mass is 10.1. The van der Waals surface area contributed by atoms with Gasteiger partial charge in [-0.3, -0.25) is 9.48 Å². The molecule has 2 fully saturated rings. The Balaban J connectivity index is 1.60. The van der Waals surface area contributed by atoms with Gasteiger partial charge in [-0.05, 0) is 51.5 Å². The minimum atomic E-state index is 0.165. The number of amides is 1. The average molecular weight is 326 g/mol. The lowest BCUT2D eigenvalue weighted by Crippen LogP contribution is -2.30. The summed E-state index contributed by atoms with van der Waals surface area (Å²) in [6.07, 6.45) is 8.68. The molecule has 1 saturated carbocycles. The lowest BCUT2D eigenvalue weighted by molar-refractivity contribution is 0.0734. The first kappa shape index (κ1) is 15.5. The summed E-state index contributed by atoms with van der Waals surface area (Å²) in [5.74, 6) is 0.990. The molecule has 5 heteroatoms. The molecule has 2 aromatic heterocycles. The zero-order valence-corrected chi connectivity index (χ0v) is 14.8. The summed E-state index contributed by atoms with van der Waals surface area (Å²) < 4.78 is 4.15. The Morgan fingerprint density at radius 3 is 2.75 bits per heavy atom. The molecule has 4 rings (SSSR count). The molecule has 0 aromatic carbocycles. The Morgan fingerprint density at radius 2 is 2.08 bits per heavy atom. The van der Waals surface area contributed by atoms with Crippen LogP contribution in [-0.2, 0) is 13.6 Å². The molecule has 0 spiro atoms. The predicted molar refractivity (Wildman–Crippen MR) is 92.8 cm³/mol. The molecule has 1 saturated heterocycles. The van der Waals surface area contributed by atoms with Gasteiger partial charge in [-0.2, -0.15) is 5.10 Å².